The van der Waals surface area contributed by atoms with E-state index in [1.807, 2.05) is 13.8 Å². The number of phenolic OH excluding ortho intramolecular Hbond substituents is 1. The molecule has 0 aliphatic rings. The van der Waals surface area contributed by atoms with Gasteiger partial charge in [-0.25, -0.2) is 4.79 Å². The van der Waals surface area contributed by atoms with Crippen LogP contribution in [0.3, 0.4) is 0 Å². The topological polar surface area (TPSA) is 52.6 Å². The van der Waals surface area contributed by atoms with Crippen LogP contribution in [-0.2, 0) is 0 Å². The molecule has 0 fully saturated rings. The van der Waals surface area contributed by atoms with Gasteiger partial charge in [0.15, 0.2) is 0 Å². The van der Waals surface area contributed by atoms with Gasteiger partial charge in [0.1, 0.15) is 5.75 Å². The summed E-state index contributed by atoms with van der Waals surface area (Å²) in [7, 11) is 1.73. The molecule has 0 heterocycles. The van der Waals surface area contributed by atoms with Gasteiger partial charge in [-0.15, -0.1) is 0 Å². The molecule has 1 rings (SSSR count). The Kier molecular flexibility index (Phi) is 3.77. The van der Waals surface area contributed by atoms with Crippen molar-refractivity contribution in [3.05, 3.63) is 23.3 Å². The number of benzene rings is 1. The number of urea groups is 1. The van der Waals surface area contributed by atoms with Crippen molar-refractivity contribution in [2.24, 2.45) is 0 Å². The van der Waals surface area contributed by atoms with Crippen molar-refractivity contribution in [3.8, 4) is 5.75 Å². The third kappa shape index (κ3) is 2.66. The van der Waals surface area contributed by atoms with E-state index in [9.17, 15) is 9.90 Å². The molecule has 2 N–H and O–H groups in total. The highest BCUT2D eigenvalue weighted by Crippen LogP contribution is 2.24. The number of rotatable bonds is 2. The predicted octanol–water partition coefficient (Wildman–Crippen LogP) is 2.49. The van der Waals surface area contributed by atoms with E-state index in [0.717, 1.165) is 16.8 Å². The van der Waals surface area contributed by atoms with Crippen LogP contribution < -0.4 is 5.32 Å². The van der Waals surface area contributed by atoms with Crippen LogP contribution in [0.15, 0.2) is 12.1 Å². The first-order valence-corrected chi connectivity index (χ1v) is 5.28. The third-order valence-corrected chi connectivity index (χ3v) is 2.61. The number of aryl methyl sites for hydroxylation is 2. The Morgan fingerprint density at radius 1 is 1.38 bits per heavy atom. The summed E-state index contributed by atoms with van der Waals surface area (Å²) in [6.07, 6.45) is 0. The van der Waals surface area contributed by atoms with Crippen molar-refractivity contribution in [1.82, 2.24) is 4.90 Å². The van der Waals surface area contributed by atoms with Crippen molar-refractivity contribution in [3.63, 3.8) is 0 Å². The van der Waals surface area contributed by atoms with Gasteiger partial charge in [-0.3, -0.25) is 0 Å². The zero-order valence-corrected chi connectivity index (χ0v) is 10.2. The van der Waals surface area contributed by atoms with Crippen molar-refractivity contribution in [2.45, 2.75) is 20.8 Å². The normalized spacial score (nSPS) is 10.0. The zero-order chi connectivity index (χ0) is 12.3. The minimum atomic E-state index is -0.143. The number of amides is 2. The Bertz CT molecular complexity index is 402. The fraction of sp³-hybridized carbons (Fsp3) is 0.417. The quantitative estimate of drug-likeness (QED) is 0.755. The van der Waals surface area contributed by atoms with Crippen LogP contribution in [0.25, 0.3) is 0 Å². The summed E-state index contributed by atoms with van der Waals surface area (Å²) in [6, 6.07) is 3.28. The molecule has 0 saturated carbocycles. The minimum absolute atomic E-state index is 0.143. The maximum Gasteiger partial charge on any atom is 0.321 e. The summed E-state index contributed by atoms with van der Waals surface area (Å²) in [5.41, 5.74) is 2.33. The second-order valence-electron chi connectivity index (χ2n) is 3.90. The summed E-state index contributed by atoms with van der Waals surface area (Å²) < 4.78 is 0. The zero-order valence-electron chi connectivity index (χ0n) is 10.2. The average Bonchev–Trinajstić information content (AvgIpc) is 2.24. The van der Waals surface area contributed by atoms with Crippen LogP contribution in [0.1, 0.15) is 18.1 Å². The molecule has 4 heteroatoms. The lowest BCUT2D eigenvalue weighted by Gasteiger charge is -2.17. The van der Waals surface area contributed by atoms with E-state index in [2.05, 4.69) is 5.32 Å². The lowest BCUT2D eigenvalue weighted by atomic mass is 10.1. The summed E-state index contributed by atoms with van der Waals surface area (Å²) in [6.45, 7) is 6.21. The highest BCUT2D eigenvalue weighted by Gasteiger charge is 2.09. The standard InChI is InChI=1S/C12H18N2O2/c1-5-14(4)12(16)13-10-6-9(3)11(15)7-8(10)2/h6-7,15H,5H2,1-4H3,(H,13,16). The number of hydrogen-bond acceptors (Lipinski definition) is 2. The van der Waals surface area contributed by atoms with E-state index < -0.39 is 0 Å². The Morgan fingerprint density at radius 2 is 2.00 bits per heavy atom. The van der Waals surface area contributed by atoms with Crippen LogP contribution in [0.5, 0.6) is 5.75 Å². The second kappa shape index (κ2) is 4.88. The number of anilines is 1. The predicted molar refractivity (Wildman–Crippen MR) is 64.9 cm³/mol. The van der Waals surface area contributed by atoms with E-state index in [1.165, 1.54) is 0 Å². The number of phenols is 1. The average molecular weight is 222 g/mol. The van der Waals surface area contributed by atoms with E-state index in [4.69, 9.17) is 0 Å². The highest BCUT2D eigenvalue weighted by molar-refractivity contribution is 5.90. The molecule has 0 spiro atoms. The van der Waals surface area contributed by atoms with Gasteiger partial charge in [0.2, 0.25) is 0 Å². The SMILES string of the molecule is CCN(C)C(=O)Nc1cc(C)c(O)cc1C. The molecule has 0 saturated heterocycles. The van der Waals surface area contributed by atoms with E-state index in [1.54, 1.807) is 31.0 Å². The first-order valence-electron chi connectivity index (χ1n) is 5.28. The maximum atomic E-state index is 11.6. The molecule has 0 aliphatic carbocycles. The molecule has 1 aromatic rings. The van der Waals surface area contributed by atoms with Crippen molar-refractivity contribution >= 4 is 11.7 Å². The number of aromatic hydroxyl groups is 1. The monoisotopic (exact) mass is 222 g/mol. The molecule has 0 atom stereocenters. The number of carbonyl (C=O) groups excluding carboxylic acids is 1. The Morgan fingerprint density at radius 3 is 2.56 bits per heavy atom. The first kappa shape index (κ1) is 12.4. The van der Waals surface area contributed by atoms with Gasteiger partial charge in [-0.05, 0) is 44.0 Å². The summed E-state index contributed by atoms with van der Waals surface area (Å²) in [5.74, 6) is 0.249. The maximum absolute atomic E-state index is 11.6. The molecule has 2 amide bonds. The van der Waals surface area contributed by atoms with Crippen LogP contribution >= 0.6 is 0 Å². The van der Waals surface area contributed by atoms with Crippen LogP contribution in [0.2, 0.25) is 0 Å². The van der Waals surface area contributed by atoms with Gasteiger partial charge in [-0.1, -0.05) is 0 Å². The van der Waals surface area contributed by atoms with Crippen molar-refractivity contribution in [2.75, 3.05) is 18.9 Å². The molecule has 16 heavy (non-hydrogen) atoms. The third-order valence-electron chi connectivity index (χ3n) is 2.61. The van der Waals surface area contributed by atoms with Crippen molar-refractivity contribution < 1.29 is 9.90 Å². The van der Waals surface area contributed by atoms with Crippen LogP contribution in [0.4, 0.5) is 10.5 Å². The molecule has 0 bridgehead atoms. The highest BCUT2D eigenvalue weighted by atomic mass is 16.3. The van der Waals surface area contributed by atoms with Gasteiger partial charge < -0.3 is 15.3 Å². The van der Waals surface area contributed by atoms with Gasteiger partial charge in [0.25, 0.3) is 0 Å². The number of nitrogens with zero attached hydrogens (tertiary/aromatic N) is 1. The van der Waals surface area contributed by atoms with Crippen LogP contribution in [-0.4, -0.2) is 29.6 Å². The molecule has 0 aromatic heterocycles. The molecule has 0 radical (unpaired) electrons. The first-order chi connectivity index (χ1) is 7.45. The number of carbonyl (C=O) groups is 1. The van der Waals surface area contributed by atoms with Gasteiger partial charge in [-0.2, -0.15) is 0 Å². The Hall–Kier alpha value is -1.71. The fourth-order valence-electron chi connectivity index (χ4n) is 1.29. The summed E-state index contributed by atoms with van der Waals surface area (Å²) in [5, 5.41) is 12.3. The van der Waals surface area contributed by atoms with E-state index >= 15 is 0 Å². The Balaban J connectivity index is 2.90. The second-order valence-corrected chi connectivity index (χ2v) is 3.90. The smallest absolute Gasteiger partial charge is 0.321 e. The lowest BCUT2D eigenvalue weighted by molar-refractivity contribution is 0.224. The van der Waals surface area contributed by atoms with Crippen LogP contribution in [0, 0.1) is 13.8 Å². The summed E-state index contributed by atoms with van der Waals surface area (Å²) >= 11 is 0. The fourth-order valence-corrected chi connectivity index (χ4v) is 1.29. The lowest BCUT2D eigenvalue weighted by Crippen LogP contribution is -2.31. The summed E-state index contributed by atoms with van der Waals surface area (Å²) in [4.78, 5) is 13.2. The van der Waals surface area contributed by atoms with Gasteiger partial charge >= 0.3 is 6.03 Å². The van der Waals surface area contributed by atoms with E-state index in [0.29, 0.717) is 6.54 Å². The molecular formula is C12H18N2O2. The molecule has 0 unspecified atom stereocenters. The molecule has 4 nitrogen and oxygen atoms in total. The molecule has 1 aromatic carbocycles. The van der Waals surface area contributed by atoms with Gasteiger partial charge in [0.05, 0.1) is 0 Å². The van der Waals surface area contributed by atoms with Crippen molar-refractivity contribution in [1.29, 1.82) is 0 Å². The number of hydrogen-bond donors (Lipinski definition) is 2. The van der Waals surface area contributed by atoms with Gasteiger partial charge in [0, 0.05) is 19.3 Å². The molecular weight excluding hydrogens is 204 g/mol. The number of nitrogens with one attached hydrogen (secondary N) is 1. The molecule has 88 valence electrons. The minimum Gasteiger partial charge on any atom is -0.508 e. The molecule has 0 aliphatic heterocycles. The van der Waals surface area contributed by atoms with E-state index in [-0.39, 0.29) is 11.8 Å². The largest absolute Gasteiger partial charge is 0.508 e. The Labute approximate surface area is 95.9 Å².